The van der Waals surface area contributed by atoms with Gasteiger partial charge in [-0.2, -0.15) is 0 Å². The number of esters is 1. The van der Waals surface area contributed by atoms with Crippen LogP contribution in [0.25, 0.3) is 0 Å². The van der Waals surface area contributed by atoms with E-state index in [0.29, 0.717) is 11.4 Å². The summed E-state index contributed by atoms with van der Waals surface area (Å²) in [6.45, 7) is 0. The molecule has 1 fully saturated rings. The first-order valence-corrected chi connectivity index (χ1v) is 5.18. The molecule has 0 aromatic carbocycles. The third-order valence-corrected chi connectivity index (χ3v) is 2.57. The fourth-order valence-electron chi connectivity index (χ4n) is 1.74. The van der Waals surface area contributed by atoms with Crippen LogP contribution >= 0.6 is 0 Å². The van der Waals surface area contributed by atoms with Gasteiger partial charge in [0.05, 0.1) is 11.9 Å². The maximum Gasteiger partial charge on any atom is 0.357 e. The Balaban J connectivity index is 1.98. The second kappa shape index (κ2) is 4.29. The Hall–Kier alpha value is -1.58. The molecule has 0 amide bonds. The molecule has 1 aromatic rings. The zero-order valence-corrected chi connectivity index (χ0v) is 8.48. The molecule has 0 radical (unpaired) electrons. The molecular weight excluding hydrogens is 192 g/mol. The molecule has 2 N–H and O–H groups in total. The minimum absolute atomic E-state index is 0.0804. The molecule has 2 rings (SSSR count). The summed E-state index contributed by atoms with van der Waals surface area (Å²) in [4.78, 5) is 15.5. The van der Waals surface area contributed by atoms with Crippen LogP contribution in [0, 0.1) is 0 Å². The fraction of sp³-hybridized carbons (Fsp3) is 0.455. The van der Waals surface area contributed by atoms with Gasteiger partial charge in [-0.25, -0.2) is 9.78 Å². The Labute approximate surface area is 88.4 Å². The molecule has 1 aromatic heterocycles. The van der Waals surface area contributed by atoms with E-state index in [1.165, 1.54) is 6.20 Å². The first kappa shape index (κ1) is 9.96. The van der Waals surface area contributed by atoms with Crippen molar-refractivity contribution in [1.82, 2.24) is 4.98 Å². The van der Waals surface area contributed by atoms with Crippen molar-refractivity contribution in [2.45, 2.75) is 31.8 Å². The van der Waals surface area contributed by atoms with E-state index in [9.17, 15) is 4.79 Å². The van der Waals surface area contributed by atoms with Gasteiger partial charge in [0.15, 0.2) is 0 Å². The molecule has 80 valence electrons. The number of rotatable bonds is 2. The molecule has 0 bridgehead atoms. The maximum atomic E-state index is 11.6. The molecule has 0 unspecified atom stereocenters. The van der Waals surface area contributed by atoms with Crippen molar-refractivity contribution < 1.29 is 9.53 Å². The highest BCUT2D eigenvalue weighted by Gasteiger charge is 2.20. The van der Waals surface area contributed by atoms with Crippen LogP contribution in [0.2, 0.25) is 0 Å². The highest BCUT2D eigenvalue weighted by atomic mass is 16.5. The van der Waals surface area contributed by atoms with Gasteiger partial charge in [-0.05, 0) is 37.8 Å². The van der Waals surface area contributed by atoms with Crippen LogP contribution in [0.4, 0.5) is 5.69 Å². The Morgan fingerprint density at radius 2 is 2.13 bits per heavy atom. The van der Waals surface area contributed by atoms with Gasteiger partial charge in [0.25, 0.3) is 0 Å². The van der Waals surface area contributed by atoms with Gasteiger partial charge < -0.3 is 10.5 Å². The summed E-state index contributed by atoms with van der Waals surface area (Å²) in [6, 6.07) is 3.24. The van der Waals surface area contributed by atoms with E-state index in [1.807, 2.05) is 0 Å². The quantitative estimate of drug-likeness (QED) is 0.749. The summed E-state index contributed by atoms with van der Waals surface area (Å²) < 4.78 is 5.29. The van der Waals surface area contributed by atoms with E-state index in [1.54, 1.807) is 12.1 Å². The van der Waals surface area contributed by atoms with Crippen LogP contribution < -0.4 is 5.73 Å². The molecule has 4 nitrogen and oxygen atoms in total. The summed E-state index contributed by atoms with van der Waals surface area (Å²) in [5, 5.41) is 0. The summed E-state index contributed by atoms with van der Waals surface area (Å²) >= 11 is 0. The summed E-state index contributed by atoms with van der Waals surface area (Å²) in [6.07, 6.45) is 5.78. The van der Waals surface area contributed by atoms with Crippen LogP contribution in [0.3, 0.4) is 0 Å². The van der Waals surface area contributed by atoms with Crippen molar-refractivity contribution >= 4 is 11.7 Å². The number of nitrogens with two attached hydrogens (primary N) is 1. The van der Waals surface area contributed by atoms with Gasteiger partial charge in [-0.1, -0.05) is 0 Å². The number of carbonyl (C=O) groups is 1. The third kappa shape index (κ3) is 2.46. The minimum Gasteiger partial charge on any atom is -0.458 e. The maximum absolute atomic E-state index is 11.6. The van der Waals surface area contributed by atoms with Crippen LogP contribution in [0.15, 0.2) is 18.3 Å². The van der Waals surface area contributed by atoms with E-state index < -0.39 is 0 Å². The number of anilines is 1. The zero-order chi connectivity index (χ0) is 10.7. The van der Waals surface area contributed by atoms with Crippen molar-refractivity contribution in [3.8, 4) is 0 Å². The summed E-state index contributed by atoms with van der Waals surface area (Å²) in [7, 11) is 0. The van der Waals surface area contributed by atoms with E-state index in [0.717, 1.165) is 25.7 Å². The monoisotopic (exact) mass is 206 g/mol. The largest absolute Gasteiger partial charge is 0.458 e. The van der Waals surface area contributed by atoms with Crippen molar-refractivity contribution in [2.24, 2.45) is 0 Å². The topological polar surface area (TPSA) is 65.2 Å². The molecule has 0 spiro atoms. The van der Waals surface area contributed by atoms with Crippen molar-refractivity contribution in [2.75, 3.05) is 5.73 Å². The van der Waals surface area contributed by atoms with Crippen LogP contribution in [0.1, 0.15) is 36.2 Å². The Morgan fingerprint density at radius 1 is 1.40 bits per heavy atom. The van der Waals surface area contributed by atoms with Crippen molar-refractivity contribution in [3.05, 3.63) is 24.0 Å². The van der Waals surface area contributed by atoms with Crippen molar-refractivity contribution in [1.29, 1.82) is 0 Å². The molecule has 1 heterocycles. The number of nitrogens with zero attached hydrogens (tertiary/aromatic N) is 1. The van der Waals surface area contributed by atoms with Crippen LogP contribution in [-0.2, 0) is 4.74 Å². The number of carbonyl (C=O) groups excluding carboxylic acids is 1. The van der Waals surface area contributed by atoms with Gasteiger partial charge >= 0.3 is 5.97 Å². The Morgan fingerprint density at radius 3 is 2.73 bits per heavy atom. The van der Waals surface area contributed by atoms with E-state index in [4.69, 9.17) is 10.5 Å². The number of hydrogen-bond acceptors (Lipinski definition) is 4. The molecule has 4 heteroatoms. The summed E-state index contributed by atoms with van der Waals surface area (Å²) in [5.41, 5.74) is 6.35. The fourth-order valence-corrected chi connectivity index (χ4v) is 1.74. The van der Waals surface area contributed by atoms with Crippen molar-refractivity contribution in [3.63, 3.8) is 0 Å². The highest BCUT2D eigenvalue weighted by Crippen LogP contribution is 2.21. The van der Waals surface area contributed by atoms with E-state index in [2.05, 4.69) is 4.98 Å². The predicted molar refractivity (Wildman–Crippen MR) is 56.3 cm³/mol. The van der Waals surface area contributed by atoms with Gasteiger partial charge in [-0.15, -0.1) is 0 Å². The lowest BCUT2D eigenvalue weighted by Gasteiger charge is -2.10. The molecule has 1 aliphatic rings. The summed E-state index contributed by atoms with van der Waals surface area (Å²) in [5.74, 6) is -0.345. The number of nitrogen functional groups attached to an aromatic ring is 1. The van der Waals surface area contributed by atoms with E-state index >= 15 is 0 Å². The molecule has 0 atom stereocenters. The standard InChI is InChI=1S/C11H14N2O2/c12-8-5-6-10(13-7-8)11(14)15-9-3-1-2-4-9/h5-7,9H,1-4,12H2. The molecule has 15 heavy (non-hydrogen) atoms. The van der Waals surface area contributed by atoms with Gasteiger partial charge in [-0.3, -0.25) is 0 Å². The van der Waals surface area contributed by atoms with E-state index in [-0.39, 0.29) is 12.1 Å². The van der Waals surface area contributed by atoms with Gasteiger partial charge in [0, 0.05) is 0 Å². The molecule has 0 saturated heterocycles. The Kier molecular flexibility index (Phi) is 2.85. The van der Waals surface area contributed by atoms with Crippen LogP contribution in [-0.4, -0.2) is 17.1 Å². The average Bonchev–Trinajstić information content (AvgIpc) is 2.71. The SMILES string of the molecule is Nc1ccc(C(=O)OC2CCCC2)nc1. The minimum atomic E-state index is -0.345. The third-order valence-electron chi connectivity index (χ3n) is 2.57. The second-order valence-corrected chi connectivity index (χ2v) is 3.79. The highest BCUT2D eigenvalue weighted by molar-refractivity contribution is 5.87. The normalized spacial score (nSPS) is 16.5. The number of aromatic nitrogens is 1. The lowest BCUT2D eigenvalue weighted by molar-refractivity contribution is 0.0311. The average molecular weight is 206 g/mol. The smallest absolute Gasteiger partial charge is 0.357 e. The molecule has 1 aliphatic carbocycles. The predicted octanol–water partition coefficient (Wildman–Crippen LogP) is 1.76. The zero-order valence-electron chi connectivity index (χ0n) is 8.48. The second-order valence-electron chi connectivity index (χ2n) is 3.79. The lowest BCUT2D eigenvalue weighted by atomic mass is 10.3. The molecule has 1 saturated carbocycles. The first-order valence-electron chi connectivity index (χ1n) is 5.18. The number of pyridine rings is 1. The Bertz CT molecular complexity index is 342. The van der Waals surface area contributed by atoms with Crippen LogP contribution in [0.5, 0.6) is 0 Å². The van der Waals surface area contributed by atoms with Gasteiger partial charge in [0.1, 0.15) is 11.8 Å². The molecular formula is C11H14N2O2. The van der Waals surface area contributed by atoms with Gasteiger partial charge in [0.2, 0.25) is 0 Å². The lowest BCUT2D eigenvalue weighted by Crippen LogP contribution is -2.15. The number of ether oxygens (including phenoxy) is 1. The molecule has 0 aliphatic heterocycles. The number of hydrogen-bond donors (Lipinski definition) is 1. The first-order chi connectivity index (χ1) is 7.25.